The van der Waals surface area contributed by atoms with Gasteiger partial charge in [0, 0.05) is 6.61 Å². The van der Waals surface area contributed by atoms with Crippen LogP contribution in [0.1, 0.15) is 47.2 Å². The van der Waals surface area contributed by atoms with Gasteiger partial charge < -0.3 is 14.8 Å². The molecule has 6 heteroatoms. The largest absolute Gasteiger partial charge is 0.477 e. The number of aromatic carboxylic acids is 1. The fourth-order valence-corrected chi connectivity index (χ4v) is 1.97. The SMILES string of the molecule is Cc1nc(C2CCCCO2)[nH]c(=O)c1C(=O)O. The molecular weight excluding hydrogens is 224 g/mol. The lowest BCUT2D eigenvalue weighted by molar-refractivity contribution is 0.00911. The predicted octanol–water partition coefficient (Wildman–Crippen LogP) is 1.02. The zero-order valence-corrected chi connectivity index (χ0v) is 9.52. The number of hydrogen-bond donors (Lipinski definition) is 2. The number of carbonyl (C=O) groups is 1. The summed E-state index contributed by atoms with van der Waals surface area (Å²) in [6, 6.07) is 0. The van der Waals surface area contributed by atoms with Gasteiger partial charge in [-0.3, -0.25) is 4.79 Å². The smallest absolute Gasteiger partial charge is 0.343 e. The van der Waals surface area contributed by atoms with Crippen LogP contribution in [0.25, 0.3) is 0 Å². The van der Waals surface area contributed by atoms with Crippen LogP contribution in [-0.4, -0.2) is 27.7 Å². The predicted molar refractivity (Wildman–Crippen MR) is 59.1 cm³/mol. The van der Waals surface area contributed by atoms with Gasteiger partial charge >= 0.3 is 5.97 Å². The van der Waals surface area contributed by atoms with E-state index in [-0.39, 0.29) is 17.4 Å². The first-order valence-corrected chi connectivity index (χ1v) is 5.55. The zero-order valence-electron chi connectivity index (χ0n) is 9.52. The van der Waals surface area contributed by atoms with Crippen molar-refractivity contribution < 1.29 is 14.6 Å². The fraction of sp³-hybridized carbons (Fsp3) is 0.545. The van der Waals surface area contributed by atoms with Crippen LogP contribution in [0.15, 0.2) is 4.79 Å². The molecular formula is C11H14N2O4. The monoisotopic (exact) mass is 238 g/mol. The molecule has 0 spiro atoms. The van der Waals surface area contributed by atoms with Crippen LogP contribution in [0.5, 0.6) is 0 Å². The van der Waals surface area contributed by atoms with Crippen LogP contribution in [-0.2, 0) is 4.74 Å². The molecule has 1 aromatic rings. The Morgan fingerprint density at radius 2 is 2.29 bits per heavy atom. The summed E-state index contributed by atoms with van der Waals surface area (Å²) in [5, 5.41) is 8.86. The summed E-state index contributed by atoms with van der Waals surface area (Å²) in [4.78, 5) is 29.1. The Kier molecular flexibility index (Phi) is 3.23. The van der Waals surface area contributed by atoms with Crippen molar-refractivity contribution in [1.82, 2.24) is 9.97 Å². The molecule has 1 aromatic heterocycles. The van der Waals surface area contributed by atoms with Gasteiger partial charge in [-0.25, -0.2) is 9.78 Å². The number of aryl methyl sites for hydroxylation is 1. The van der Waals surface area contributed by atoms with Crippen molar-refractivity contribution in [3.8, 4) is 0 Å². The number of aromatic nitrogens is 2. The molecule has 0 saturated carbocycles. The van der Waals surface area contributed by atoms with Crippen molar-refractivity contribution in [1.29, 1.82) is 0 Å². The number of nitrogens with zero attached hydrogens (tertiary/aromatic N) is 1. The number of rotatable bonds is 2. The minimum Gasteiger partial charge on any atom is -0.477 e. The average Bonchev–Trinajstić information content (AvgIpc) is 2.28. The number of aromatic amines is 1. The summed E-state index contributed by atoms with van der Waals surface area (Å²) in [5.41, 5.74) is -0.691. The molecule has 2 N–H and O–H groups in total. The minimum atomic E-state index is -1.26. The minimum absolute atomic E-state index is 0.224. The lowest BCUT2D eigenvalue weighted by atomic mass is 10.1. The van der Waals surface area contributed by atoms with E-state index in [4.69, 9.17) is 9.84 Å². The molecule has 2 rings (SSSR count). The maximum atomic E-state index is 11.6. The number of carboxylic acids is 1. The molecule has 2 heterocycles. The first-order valence-electron chi connectivity index (χ1n) is 5.55. The maximum Gasteiger partial charge on any atom is 0.343 e. The van der Waals surface area contributed by atoms with Crippen molar-refractivity contribution in [3.63, 3.8) is 0 Å². The van der Waals surface area contributed by atoms with Crippen LogP contribution in [0.3, 0.4) is 0 Å². The highest BCUT2D eigenvalue weighted by atomic mass is 16.5. The normalized spacial score (nSPS) is 20.2. The van der Waals surface area contributed by atoms with Gasteiger partial charge in [-0.2, -0.15) is 0 Å². The van der Waals surface area contributed by atoms with Gasteiger partial charge in [-0.05, 0) is 26.2 Å². The molecule has 1 atom stereocenters. The van der Waals surface area contributed by atoms with Crippen LogP contribution in [0.4, 0.5) is 0 Å². The number of H-pyrrole nitrogens is 1. The second kappa shape index (κ2) is 4.67. The Labute approximate surface area is 97.7 Å². The van der Waals surface area contributed by atoms with E-state index in [0.717, 1.165) is 19.3 Å². The Morgan fingerprint density at radius 1 is 1.53 bits per heavy atom. The Bertz CT molecular complexity index is 489. The second-order valence-corrected chi connectivity index (χ2v) is 4.07. The summed E-state index contributed by atoms with van der Waals surface area (Å²) in [6.07, 6.45) is 2.61. The molecule has 6 nitrogen and oxygen atoms in total. The summed E-state index contributed by atoms with van der Waals surface area (Å²) in [6.45, 7) is 2.17. The molecule has 1 saturated heterocycles. The highest BCUT2D eigenvalue weighted by molar-refractivity contribution is 5.88. The van der Waals surface area contributed by atoms with Gasteiger partial charge in [0.2, 0.25) is 0 Å². The van der Waals surface area contributed by atoms with Crippen molar-refractivity contribution in [2.75, 3.05) is 6.61 Å². The Morgan fingerprint density at radius 3 is 2.82 bits per heavy atom. The lowest BCUT2D eigenvalue weighted by Crippen LogP contribution is -2.25. The molecule has 1 fully saturated rings. The molecule has 92 valence electrons. The molecule has 1 aliphatic rings. The molecule has 17 heavy (non-hydrogen) atoms. The highest BCUT2D eigenvalue weighted by Crippen LogP contribution is 2.24. The molecule has 1 unspecified atom stereocenters. The third-order valence-corrected chi connectivity index (χ3v) is 2.82. The molecule has 0 radical (unpaired) electrons. The topological polar surface area (TPSA) is 92.3 Å². The summed E-state index contributed by atoms with van der Waals surface area (Å²) >= 11 is 0. The van der Waals surface area contributed by atoms with Gasteiger partial charge in [0.25, 0.3) is 5.56 Å². The first kappa shape index (κ1) is 11.8. The highest BCUT2D eigenvalue weighted by Gasteiger charge is 2.22. The van der Waals surface area contributed by atoms with Crippen molar-refractivity contribution >= 4 is 5.97 Å². The van der Waals surface area contributed by atoms with E-state index in [0.29, 0.717) is 12.4 Å². The molecule has 0 bridgehead atoms. The van der Waals surface area contributed by atoms with Crippen LogP contribution in [0.2, 0.25) is 0 Å². The number of hydrogen-bond acceptors (Lipinski definition) is 4. The van der Waals surface area contributed by atoms with E-state index in [1.165, 1.54) is 6.92 Å². The Hall–Kier alpha value is -1.69. The van der Waals surface area contributed by atoms with E-state index < -0.39 is 11.5 Å². The third-order valence-electron chi connectivity index (χ3n) is 2.82. The van der Waals surface area contributed by atoms with Crippen LogP contribution >= 0.6 is 0 Å². The first-order chi connectivity index (χ1) is 8.09. The number of nitrogens with one attached hydrogen (secondary N) is 1. The van der Waals surface area contributed by atoms with Gasteiger partial charge in [-0.15, -0.1) is 0 Å². The zero-order chi connectivity index (χ0) is 12.4. The fourth-order valence-electron chi connectivity index (χ4n) is 1.97. The second-order valence-electron chi connectivity index (χ2n) is 4.07. The van der Waals surface area contributed by atoms with Crippen molar-refractivity contribution in [2.24, 2.45) is 0 Å². The van der Waals surface area contributed by atoms with E-state index in [1.54, 1.807) is 0 Å². The van der Waals surface area contributed by atoms with Crippen molar-refractivity contribution in [3.05, 3.63) is 27.4 Å². The van der Waals surface area contributed by atoms with Gasteiger partial charge in [0.15, 0.2) is 0 Å². The summed E-state index contributed by atoms with van der Waals surface area (Å²) in [7, 11) is 0. The van der Waals surface area contributed by atoms with Gasteiger partial charge in [0.05, 0.1) is 5.69 Å². The molecule has 0 aromatic carbocycles. The standard InChI is InChI=1S/C11H14N2O4/c1-6-8(11(15)16)10(14)13-9(12-6)7-4-2-3-5-17-7/h7H,2-5H2,1H3,(H,15,16)(H,12,13,14). The van der Waals surface area contributed by atoms with Crippen LogP contribution in [0, 0.1) is 6.92 Å². The maximum absolute atomic E-state index is 11.6. The number of ether oxygens (including phenoxy) is 1. The lowest BCUT2D eigenvalue weighted by Gasteiger charge is -2.21. The van der Waals surface area contributed by atoms with E-state index in [9.17, 15) is 9.59 Å². The molecule has 1 aliphatic heterocycles. The van der Waals surface area contributed by atoms with E-state index in [2.05, 4.69) is 9.97 Å². The summed E-state index contributed by atoms with van der Waals surface area (Å²) in [5.74, 6) is -0.829. The molecule has 0 aliphatic carbocycles. The third kappa shape index (κ3) is 2.36. The number of carboxylic acid groups (broad SMARTS) is 1. The van der Waals surface area contributed by atoms with E-state index in [1.807, 2.05) is 0 Å². The summed E-state index contributed by atoms with van der Waals surface area (Å²) < 4.78 is 5.49. The van der Waals surface area contributed by atoms with Gasteiger partial charge in [0.1, 0.15) is 17.5 Å². The molecule has 0 amide bonds. The van der Waals surface area contributed by atoms with Crippen molar-refractivity contribution in [2.45, 2.75) is 32.3 Å². The van der Waals surface area contributed by atoms with E-state index >= 15 is 0 Å². The quantitative estimate of drug-likeness (QED) is 0.802. The van der Waals surface area contributed by atoms with Crippen LogP contribution < -0.4 is 5.56 Å². The average molecular weight is 238 g/mol. The van der Waals surface area contributed by atoms with Gasteiger partial charge in [-0.1, -0.05) is 0 Å². The Balaban J connectivity index is 2.37.